The Morgan fingerprint density at radius 2 is 1.04 bits per heavy atom. The third-order valence-corrected chi connectivity index (χ3v) is 19.8. The van der Waals surface area contributed by atoms with Gasteiger partial charge in [0, 0.05) is 55.0 Å². The molecule has 0 radical (unpaired) electrons. The average molecular weight is 1030 g/mol. The molecule has 13 rings (SSSR count). The molecule has 0 amide bonds. The van der Waals surface area contributed by atoms with E-state index >= 15 is 0 Å². The summed E-state index contributed by atoms with van der Waals surface area (Å²) in [6, 6.07) is 54.9. The Morgan fingerprint density at radius 1 is 0.487 bits per heavy atom. The van der Waals surface area contributed by atoms with E-state index in [1.165, 1.54) is 72.1 Å². The second-order valence-electron chi connectivity index (χ2n) is 28.2. The molecule has 8 aromatic carbocycles. The molecule has 0 spiro atoms. The van der Waals surface area contributed by atoms with Gasteiger partial charge in [0.05, 0.1) is 5.69 Å². The average Bonchev–Trinajstić information content (AvgIpc) is 1.97. The van der Waals surface area contributed by atoms with E-state index in [-0.39, 0.29) is 33.8 Å². The van der Waals surface area contributed by atoms with Gasteiger partial charge in [0.25, 0.3) is 6.71 Å². The van der Waals surface area contributed by atoms with Crippen LogP contribution in [0.2, 0.25) is 0 Å². The molecule has 8 aromatic rings. The standard InChI is InChI=1S/C74H80BN3/c1-45-39-64-68-65(40-45)78(61-34-32-53(69(4,5)6)66-50-25-19-20-26-51(50)74(15,16)67(61)66)62-42-49(76(59-27-21-17-23-46(59)2)60-28-22-18-24-47(60)3)30-33-57(62)75(68)58-43-55-56(73(13,14)38-37-72(55,11)12)44-63(58)77(64)48-29-31-52-54(41-48)71(9,10)36-35-70(52,7)8/h17-34,39-44H,35-38H2,1-16H3/i1D3. The zero-order valence-electron chi connectivity index (χ0n) is 52.1. The van der Waals surface area contributed by atoms with Crippen LogP contribution in [0.15, 0.2) is 146 Å². The van der Waals surface area contributed by atoms with Crippen molar-refractivity contribution in [2.75, 3.05) is 14.7 Å². The molecule has 5 aliphatic rings. The van der Waals surface area contributed by atoms with Crippen LogP contribution in [0.1, 0.15) is 175 Å². The summed E-state index contributed by atoms with van der Waals surface area (Å²) in [7, 11) is 0. The van der Waals surface area contributed by atoms with Crippen molar-refractivity contribution in [3.05, 3.63) is 201 Å². The zero-order valence-corrected chi connectivity index (χ0v) is 49.1. The number of nitrogens with zero attached hydrogens (tertiary/aromatic N) is 3. The SMILES string of the molecule is [2H]C([2H])([2H])c1cc2c3c(c1)N(c1ccc(C(C)(C)C)c4c1C(C)(C)c1ccccc1-4)c1cc(N(c4ccccc4C)c4ccccc4C)ccc1B3c1cc3c(cc1N2c1ccc2c(c1)C(C)(C)CCC2(C)C)C(C)(C)CCC3(C)C. The number of fused-ring (bicyclic) bond motifs is 9. The molecule has 0 unspecified atom stereocenters. The van der Waals surface area contributed by atoms with Gasteiger partial charge < -0.3 is 14.7 Å². The Bertz CT molecular complexity index is 3910. The van der Waals surface area contributed by atoms with Gasteiger partial charge in [-0.2, -0.15) is 0 Å². The lowest BCUT2D eigenvalue weighted by molar-refractivity contribution is 0.332. The highest BCUT2D eigenvalue weighted by Crippen LogP contribution is 2.59. The Balaban J connectivity index is 1.20. The quantitative estimate of drug-likeness (QED) is 0.159. The third-order valence-electron chi connectivity index (χ3n) is 19.8. The van der Waals surface area contributed by atoms with Gasteiger partial charge in [-0.1, -0.05) is 175 Å². The first-order valence-electron chi connectivity index (χ1n) is 30.5. The van der Waals surface area contributed by atoms with E-state index in [1.807, 2.05) is 6.07 Å². The van der Waals surface area contributed by atoms with Gasteiger partial charge in [-0.15, -0.1) is 0 Å². The van der Waals surface area contributed by atoms with E-state index in [4.69, 9.17) is 0 Å². The van der Waals surface area contributed by atoms with Crippen molar-refractivity contribution in [1.82, 2.24) is 0 Å². The summed E-state index contributed by atoms with van der Waals surface area (Å²) in [6.07, 6.45) is 4.39. The molecular weight excluding hydrogens is 942 g/mol. The van der Waals surface area contributed by atoms with Crippen LogP contribution in [-0.4, -0.2) is 6.71 Å². The zero-order chi connectivity index (χ0) is 57.5. The molecule has 0 saturated heterocycles. The first-order valence-corrected chi connectivity index (χ1v) is 29.0. The number of anilines is 9. The molecule has 0 saturated carbocycles. The summed E-state index contributed by atoms with van der Waals surface area (Å²) in [5.74, 6) is 0. The van der Waals surface area contributed by atoms with Gasteiger partial charge in [0.15, 0.2) is 0 Å². The van der Waals surface area contributed by atoms with Gasteiger partial charge in [-0.25, -0.2) is 0 Å². The van der Waals surface area contributed by atoms with E-state index in [9.17, 15) is 4.11 Å². The van der Waals surface area contributed by atoms with Gasteiger partial charge in [0.1, 0.15) is 0 Å². The third kappa shape index (κ3) is 7.36. The number of benzene rings is 8. The molecule has 3 aliphatic carbocycles. The fourth-order valence-electron chi connectivity index (χ4n) is 15.2. The predicted molar refractivity (Wildman–Crippen MR) is 336 cm³/mol. The van der Waals surface area contributed by atoms with E-state index in [1.54, 1.807) is 0 Å². The highest BCUT2D eigenvalue weighted by molar-refractivity contribution is 7.00. The van der Waals surface area contributed by atoms with Crippen LogP contribution in [0, 0.1) is 20.7 Å². The molecule has 0 fully saturated rings. The van der Waals surface area contributed by atoms with E-state index < -0.39 is 12.3 Å². The number of hydrogen-bond donors (Lipinski definition) is 0. The maximum absolute atomic E-state index is 9.48. The van der Waals surface area contributed by atoms with Crippen molar-refractivity contribution in [3.8, 4) is 11.1 Å². The van der Waals surface area contributed by atoms with Gasteiger partial charge in [-0.3, -0.25) is 0 Å². The second-order valence-corrected chi connectivity index (χ2v) is 28.2. The highest BCUT2D eigenvalue weighted by Gasteiger charge is 2.49. The number of hydrogen-bond acceptors (Lipinski definition) is 3. The van der Waals surface area contributed by atoms with Crippen molar-refractivity contribution in [2.24, 2.45) is 0 Å². The minimum Gasteiger partial charge on any atom is -0.311 e. The highest BCUT2D eigenvalue weighted by atomic mass is 15.2. The van der Waals surface area contributed by atoms with Gasteiger partial charge in [0.2, 0.25) is 0 Å². The second kappa shape index (κ2) is 16.9. The fourth-order valence-corrected chi connectivity index (χ4v) is 15.2. The van der Waals surface area contributed by atoms with Crippen LogP contribution in [0.5, 0.6) is 0 Å². The van der Waals surface area contributed by atoms with Crippen LogP contribution >= 0.6 is 0 Å². The number of aryl methyl sites for hydroxylation is 3. The summed E-state index contributed by atoms with van der Waals surface area (Å²) in [5.41, 5.74) is 27.0. The molecular formula is C74H80BN3. The molecule has 78 heavy (non-hydrogen) atoms. The Hall–Kier alpha value is -6.78. The first-order chi connectivity index (χ1) is 38.0. The normalized spacial score (nSPS) is 19.0. The molecule has 0 N–H and O–H groups in total. The Kier molecular flexibility index (Phi) is 10.2. The summed E-state index contributed by atoms with van der Waals surface area (Å²) in [4.78, 5) is 7.45. The Labute approximate surface area is 472 Å². The lowest BCUT2D eigenvalue weighted by atomic mass is 9.33. The molecule has 0 atom stereocenters. The summed E-state index contributed by atoms with van der Waals surface area (Å²) in [6.45, 7) is 32.9. The van der Waals surface area contributed by atoms with Crippen LogP contribution < -0.4 is 31.1 Å². The predicted octanol–water partition coefficient (Wildman–Crippen LogP) is 18.5. The molecule has 2 heterocycles. The van der Waals surface area contributed by atoms with E-state index in [0.717, 1.165) is 82.3 Å². The number of para-hydroxylation sites is 2. The van der Waals surface area contributed by atoms with Crippen molar-refractivity contribution in [2.45, 2.75) is 169 Å². The topological polar surface area (TPSA) is 9.72 Å². The monoisotopic (exact) mass is 1020 g/mol. The smallest absolute Gasteiger partial charge is 0.252 e. The van der Waals surface area contributed by atoms with Crippen molar-refractivity contribution < 1.29 is 4.11 Å². The van der Waals surface area contributed by atoms with Crippen LogP contribution in [-0.2, 0) is 32.5 Å². The minimum absolute atomic E-state index is 0.0244. The Morgan fingerprint density at radius 3 is 1.65 bits per heavy atom. The van der Waals surface area contributed by atoms with Crippen LogP contribution in [0.4, 0.5) is 51.2 Å². The molecule has 394 valence electrons. The summed E-state index contributed by atoms with van der Waals surface area (Å²) in [5, 5.41) is 0. The van der Waals surface area contributed by atoms with Crippen molar-refractivity contribution >= 4 is 74.3 Å². The van der Waals surface area contributed by atoms with Gasteiger partial charge in [-0.05, 0) is 217 Å². The lowest BCUT2D eigenvalue weighted by Crippen LogP contribution is -2.62. The number of rotatable bonds is 5. The van der Waals surface area contributed by atoms with Crippen molar-refractivity contribution in [3.63, 3.8) is 0 Å². The largest absolute Gasteiger partial charge is 0.311 e. The molecule has 3 nitrogen and oxygen atoms in total. The summed E-state index contributed by atoms with van der Waals surface area (Å²) >= 11 is 0. The lowest BCUT2D eigenvalue weighted by Gasteiger charge is -2.48. The van der Waals surface area contributed by atoms with Crippen LogP contribution in [0.25, 0.3) is 11.1 Å². The summed E-state index contributed by atoms with van der Waals surface area (Å²) < 4.78 is 28.4. The van der Waals surface area contributed by atoms with Gasteiger partial charge >= 0.3 is 0 Å². The van der Waals surface area contributed by atoms with E-state index in [0.29, 0.717) is 5.56 Å². The maximum atomic E-state index is 9.48. The minimum atomic E-state index is -2.43. The fraction of sp³-hybridized carbons (Fsp3) is 0.351. The maximum Gasteiger partial charge on any atom is 0.252 e. The van der Waals surface area contributed by atoms with Crippen molar-refractivity contribution in [1.29, 1.82) is 0 Å². The van der Waals surface area contributed by atoms with E-state index in [2.05, 4.69) is 258 Å². The molecule has 0 aromatic heterocycles. The molecule has 4 heteroatoms. The first kappa shape index (κ1) is 47.2. The molecule has 2 aliphatic heterocycles. The van der Waals surface area contributed by atoms with Crippen LogP contribution in [0.3, 0.4) is 0 Å². The molecule has 0 bridgehead atoms.